The number of rotatable bonds is 4. The molecule has 25 heavy (non-hydrogen) atoms. The fraction of sp³-hybridized carbons (Fsp3) is 0.444. The number of benzene rings is 1. The number of carbonyl (C=O) groups excluding carboxylic acids is 1. The fourth-order valence-electron chi connectivity index (χ4n) is 3.06. The molecule has 7 heteroatoms. The summed E-state index contributed by atoms with van der Waals surface area (Å²) in [7, 11) is 0. The van der Waals surface area contributed by atoms with E-state index in [1.807, 2.05) is 0 Å². The van der Waals surface area contributed by atoms with Crippen LogP contribution in [0.1, 0.15) is 42.3 Å². The first-order valence-electron chi connectivity index (χ1n) is 8.28. The zero-order valence-corrected chi connectivity index (χ0v) is 14.9. The highest BCUT2D eigenvalue weighted by Gasteiger charge is 2.20. The Morgan fingerprint density at radius 2 is 2.00 bits per heavy atom. The highest BCUT2D eigenvalue weighted by atomic mass is 35.5. The third-order valence-corrected chi connectivity index (χ3v) is 4.28. The lowest BCUT2D eigenvalue weighted by Gasteiger charge is -2.26. The molecule has 2 aromatic rings. The maximum atomic E-state index is 12.3. The Morgan fingerprint density at radius 1 is 1.28 bits per heavy atom. The number of esters is 1. The Morgan fingerprint density at radius 3 is 2.68 bits per heavy atom. The molecule has 0 spiro atoms. The van der Waals surface area contributed by atoms with E-state index in [0.29, 0.717) is 17.5 Å². The molecule has 1 aromatic heterocycles. The summed E-state index contributed by atoms with van der Waals surface area (Å²) in [5.41, 5.74) is 0.480. The topological polar surface area (TPSA) is 80.0 Å². The largest absolute Gasteiger partial charge is 0.507 e. The van der Waals surface area contributed by atoms with Crippen LogP contribution in [0.4, 0.5) is 0 Å². The van der Waals surface area contributed by atoms with Crippen LogP contribution in [0.5, 0.6) is 5.75 Å². The van der Waals surface area contributed by atoms with Gasteiger partial charge in [0, 0.05) is 12.6 Å². The Balaban J connectivity index is 0.00000225. The van der Waals surface area contributed by atoms with E-state index in [-0.39, 0.29) is 41.5 Å². The van der Waals surface area contributed by atoms with Crippen molar-refractivity contribution >= 4 is 29.3 Å². The molecular formula is C18H22ClNO5. The monoisotopic (exact) mass is 367 g/mol. The maximum absolute atomic E-state index is 12.3. The highest BCUT2D eigenvalue weighted by molar-refractivity contribution is 5.90. The molecule has 1 N–H and O–H groups in total. The minimum absolute atomic E-state index is 0. The molecule has 0 unspecified atom stereocenters. The van der Waals surface area contributed by atoms with E-state index < -0.39 is 5.97 Å². The smallest absolute Gasteiger partial charge is 0.374 e. The number of likely N-dealkylation sites (tertiary alicyclic amines) is 1. The number of phenolic OH excluding ortho intramolecular Hbond substituents is 1. The normalized spacial score (nSPS) is 14.9. The van der Waals surface area contributed by atoms with Gasteiger partial charge >= 0.3 is 5.97 Å². The number of hydrogen-bond acceptors (Lipinski definition) is 6. The van der Waals surface area contributed by atoms with Crippen molar-refractivity contribution in [1.29, 1.82) is 0 Å². The molecule has 1 aromatic carbocycles. The van der Waals surface area contributed by atoms with Gasteiger partial charge in [-0.25, -0.2) is 4.79 Å². The molecule has 3 rings (SSSR count). The van der Waals surface area contributed by atoms with Crippen LogP contribution >= 0.6 is 12.4 Å². The minimum Gasteiger partial charge on any atom is -0.507 e. The zero-order valence-electron chi connectivity index (χ0n) is 14.1. The molecule has 1 aliphatic heterocycles. The number of fused-ring (bicyclic) bond motifs is 1. The lowest BCUT2D eigenvalue weighted by atomic mass is 10.1. The van der Waals surface area contributed by atoms with Gasteiger partial charge in [0.1, 0.15) is 11.3 Å². The minimum atomic E-state index is -0.677. The molecule has 0 bridgehead atoms. The molecule has 136 valence electrons. The summed E-state index contributed by atoms with van der Waals surface area (Å²) < 4.78 is 10.6. The van der Waals surface area contributed by atoms with Gasteiger partial charge in [0.05, 0.1) is 17.6 Å². The Bertz CT molecular complexity index is 811. The molecule has 0 atom stereocenters. The lowest BCUT2D eigenvalue weighted by Crippen LogP contribution is -2.29. The second-order valence-electron chi connectivity index (χ2n) is 5.97. The van der Waals surface area contributed by atoms with Gasteiger partial charge in [-0.3, -0.25) is 9.69 Å². The van der Waals surface area contributed by atoms with E-state index in [1.54, 1.807) is 6.92 Å². The first-order valence-corrected chi connectivity index (χ1v) is 8.28. The van der Waals surface area contributed by atoms with Crippen LogP contribution in [-0.2, 0) is 11.3 Å². The number of piperidine rings is 1. The molecule has 0 amide bonds. The molecule has 0 saturated carbocycles. The second kappa shape index (κ2) is 8.36. The average molecular weight is 368 g/mol. The first kappa shape index (κ1) is 19.3. The van der Waals surface area contributed by atoms with E-state index >= 15 is 0 Å². The summed E-state index contributed by atoms with van der Waals surface area (Å²) in [5, 5.41) is 10.6. The van der Waals surface area contributed by atoms with Gasteiger partial charge in [-0.15, -0.1) is 12.4 Å². The van der Waals surface area contributed by atoms with Crippen molar-refractivity contribution in [2.75, 3.05) is 19.7 Å². The van der Waals surface area contributed by atoms with Gasteiger partial charge in [-0.2, -0.15) is 0 Å². The van der Waals surface area contributed by atoms with Crippen LogP contribution in [0.15, 0.2) is 27.4 Å². The highest BCUT2D eigenvalue weighted by Crippen LogP contribution is 2.28. The summed E-state index contributed by atoms with van der Waals surface area (Å²) >= 11 is 0. The van der Waals surface area contributed by atoms with E-state index in [4.69, 9.17) is 9.15 Å². The van der Waals surface area contributed by atoms with Crippen molar-refractivity contribution in [3.8, 4) is 5.75 Å². The van der Waals surface area contributed by atoms with Crippen molar-refractivity contribution in [2.24, 2.45) is 0 Å². The predicted octanol–water partition coefficient (Wildman–Crippen LogP) is 3.08. The summed E-state index contributed by atoms with van der Waals surface area (Å²) in [6.45, 7) is 4.25. The van der Waals surface area contributed by atoms with Gasteiger partial charge in [-0.1, -0.05) is 6.42 Å². The van der Waals surface area contributed by atoms with Crippen LogP contribution in [0.25, 0.3) is 11.0 Å². The number of ether oxygens (including phenoxy) is 1. The Kier molecular flexibility index (Phi) is 6.45. The maximum Gasteiger partial charge on any atom is 0.374 e. The molecule has 2 heterocycles. The van der Waals surface area contributed by atoms with Crippen LogP contribution in [0.3, 0.4) is 0 Å². The third-order valence-electron chi connectivity index (χ3n) is 4.28. The Hall–Kier alpha value is -2.05. The van der Waals surface area contributed by atoms with Crippen molar-refractivity contribution in [3.63, 3.8) is 0 Å². The van der Waals surface area contributed by atoms with Crippen LogP contribution in [-0.4, -0.2) is 35.7 Å². The quantitative estimate of drug-likeness (QED) is 0.836. The van der Waals surface area contributed by atoms with Gasteiger partial charge in [0.25, 0.3) is 0 Å². The van der Waals surface area contributed by atoms with Gasteiger partial charge in [-0.05, 0) is 45.0 Å². The van der Waals surface area contributed by atoms with E-state index in [1.165, 1.54) is 18.6 Å². The SMILES string of the molecule is CCOC(=O)c1cc(=O)c2ccc(O)c(CN3CCCCC3)c2o1.Cl. The van der Waals surface area contributed by atoms with E-state index in [2.05, 4.69) is 4.90 Å². The number of carbonyl (C=O) groups is 1. The van der Waals surface area contributed by atoms with Crippen molar-refractivity contribution in [3.05, 3.63) is 39.7 Å². The molecule has 1 aliphatic rings. The molecule has 0 radical (unpaired) electrons. The Labute approximate surface area is 151 Å². The van der Waals surface area contributed by atoms with Crippen molar-refractivity contribution in [2.45, 2.75) is 32.7 Å². The fourth-order valence-corrected chi connectivity index (χ4v) is 3.06. The van der Waals surface area contributed by atoms with Crippen LogP contribution in [0.2, 0.25) is 0 Å². The summed E-state index contributed by atoms with van der Waals surface area (Å²) in [6.07, 6.45) is 3.44. The van der Waals surface area contributed by atoms with Crippen molar-refractivity contribution < 1.29 is 19.1 Å². The molecule has 0 aliphatic carbocycles. The molecule has 1 fully saturated rings. The number of phenols is 1. The van der Waals surface area contributed by atoms with Gasteiger partial charge in [0.2, 0.25) is 5.76 Å². The van der Waals surface area contributed by atoms with Gasteiger partial charge < -0.3 is 14.3 Å². The predicted molar refractivity (Wildman–Crippen MR) is 96.5 cm³/mol. The first-order chi connectivity index (χ1) is 11.6. The molecule has 1 saturated heterocycles. The van der Waals surface area contributed by atoms with E-state index in [0.717, 1.165) is 32.0 Å². The molecular weight excluding hydrogens is 346 g/mol. The third kappa shape index (κ3) is 4.14. The second-order valence-corrected chi connectivity index (χ2v) is 5.97. The van der Waals surface area contributed by atoms with Gasteiger partial charge in [0.15, 0.2) is 5.43 Å². The number of halogens is 1. The standard InChI is InChI=1S/C18H21NO5.ClH/c1-2-23-18(22)16-10-15(21)12-6-7-14(20)13(17(12)24-16)11-19-8-4-3-5-9-19;/h6-7,10,20H,2-5,8-9,11H2,1H3;1H. The van der Waals surface area contributed by atoms with E-state index in [9.17, 15) is 14.7 Å². The molecule has 6 nitrogen and oxygen atoms in total. The van der Waals surface area contributed by atoms with Crippen LogP contribution in [0, 0.1) is 0 Å². The summed E-state index contributed by atoms with van der Waals surface area (Å²) in [4.78, 5) is 26.4. The van der Waals surface area contributed by atoms with Crippen LogP contribution < -0.4 is 5.43 Å². The average Bonchev–Trinajstić information content (AvgIpc) is 2.58. The number of nitrogens with zero attached hydrogens (tertiary/aromatic N) is 1. The lowest BCUT2D eigenvalue weighted by molar-refractivity contribution is 0.0490. The summed E-state index contributed by atoms with van der Waals surface area (Å²) in [5.74, 6) is -0.749. The summed E-state index contributed by atoms with van der Waals surface area (Å²) in [6, 6.07) is 4.16. The van der Waals surface area contributed by atoms with Crippen molar-refractivity contribution in [1.82, 2.24) is 4.90 Å². The zero-order chi connectivity index (χ0) is 17.1. The number of hydrogen-bond donors (Lipinski definition) is 1. The number of aromatic hydroxyl groups is 1.